The van der Waals surface area contributed by atoms with Gasteiger partial charge in [0.25, 0.3) is 5.91 Å². The summed E-state index contributed by atoms with van der Waals surface area (Å²) in [6.45, 7) is 0. The van der Waals surface area contributed by atoms with Crippen molar-refractivity contribution in [3.63, 3.8) is 0 Å². The predicted octanol–water partition coefficient (Wildman–Crippen LogP) is 3.82. The van der Waals surface area contributed by atoms with Crippen molar-refractivity contribution in [3.8, 4) is 0 Å². The molecule has 4 aromatic rings. The molecule has 1 fully saturated rings. The van der Waals surface area contributed by atoms with Crippen LogP contribution in [0.3, 0.4) is 0 Å². The highest BCUT2D eigenvalue weighted by Gasteiger charge is 2.35. The van der Waals surface area contributed by atoms with E-state index in [-0.39, 0.29) is 11.9 Å². The number of halogens is 1. The summed E-state index contributed by atoms with van der Waals surface area (Å²) in [5.74, 6) is 0.450. The number of benzene rings is 1. The summed E-state index contributed by atoms with van der Waals surface area (Å²) in [6.07, 6.45) is 3.32. The zero-order valence-corrected chi connectivity index (χ0v) is 15.8. The normalized spacial score (nSPS) is 18.6. The van der Waals surface area contributed by atoms with E-state index < -0.39 is 6.17 Å². The van der Waals surface area contributed by atoms with Crippen molar-refractivity contribution in [2.24, 2.45) is 0 Å². The largest absolute Gasteiger partial charge is 0.337 e. The minimum absolute atomic E-state index is 0.0593. The Morgan fingerprint density at radius 3 is 2.90 bits per heavy atom. The Hall–Kier alpha value is -3.55. The van der Waals surface area contributed by atoms with Gasteiger partial charge in [0.05, 0.1) is 5.52 Å². The number of rotatable bonds is 4. The number of alkyl halides is 1. The van der Waals surface area contributed by atoms with E-state index in [0.29, 0.717) is 24.4 Å². The van der Waals surface area contributed by atoms with Gasteiger partial charge in [-0.1, -0.05) is 0 Å². The molecule has 1 aliphatic rings. The first-order chi connectivity index (χ1) is 14.1. The van der Waals surface area contributed by atoms with Crippen LogP contribution in [0.1, 0.15) is 23.3 Å². The molecule has 29 heavy (non-hydrogen) atoms. The van der Waals surface area contributed by atoms with Gasteiger partial charge >= 0.3 is 0 Å². The summed E-state index contributed by atoms with van der Waals surface area (Å²) in [4.78, 5) is 23.1. The van der Waals surface area contributed by atoms with Crippen LogP contribution in [-0.4, -0.2) is 50.2 Å². The molecule has 0 saturated heterocycles. The number of amides is 1. The summed E-state index contributed by atoms with van der Waals surface area (Å²) in [5, 5.41) is 12.1. The van der Waals surface area contributed by atoms with Gasteiger partial charge in [0.1, 0.15) is 17.4 Å². The Bertz CT molecular complexity index is 1220. The monoisotopic (exact) mass is 390 g/mol. The lowest BCUT2D eigenvalue weighted by atomic mass is 9.89. The molecule has 3 heterocycles. The molecular formula is C21H19FN6O. The molecule has 1 aliphatic carbocycles. The van der Waals surface area contributed by atoms with Crippen LogP contribution < -0.4 is 5.32 Å². The molecule has 1 aromatic carbocycles. The Morgan fingerprint density at radius 1 is 1.21 bits per heavy atom. The maximum Gasteiger partial charge on any atom is 0.273 e. The fourth-order valence-electron chi connectivity index (χ4n) is 3.67. The maximum absolute atomic E-state index is 13.2. The third-order valence-corrected chi connectivity index (χ3v) is 5.47. The van der Waals surface area contributed by atoms with Crippen LogP contribution in [-0.2, 0) is 0 Å². The maximum atomic E-state index is 13.2. The lowest BCUT2D eigenvalue weighted by Gasteiger charge is -2.37. The second kappa shape index (κ2) is 6.80. The van der Waals surface area contributed by atoms with Crippen molar-refractivity contribution in [1.29, 1.82) is 0 Å². The number of aromatic amines is 1. The number of aromatic nitrogens is 4. The van der Waals surface area contributed by atoms with Crippen molar-refractivity contribution >= 4 is 39.2 Å². The topological polar surface area (TPSA) is 86.8 Å². The minimum atomic E-state index is -0.808. The van der Waals surface area contributed by atoms with Crippen molar-refractivity contribution < 1.29 is 9.18 Å². The van der Waals surface area contributed by atoms with E-state index in [1.54, 1.807) is 24.3 Å². The SMILES string of the molecule is CN(C(=O)c1nccc2cc(Nc3n[nH]c4cccnc34)ccc12)C1CC(F)C1. The van der Waals surface area contributed by atoms with Gasteiger partial charge < -0.3 is 10.2 Å². The van der Waals surface area contributed by atoms with E-state index >= 15 is 0 Å². The van der Waals surface area contributed by atoms with Crippen molar-refractivity contribution in [1.82, 2.24) is 25.1 Å². The van der Waals surface area contributed by atoms with Gasteiger partial charge in [-0.05, 0) is 54.6 Å². The van der Waals surface area contributed by atoms with Gasteiger partial charge in [-0.2, -0.15) is 5.10 Å². The number of hydrogen-bond acceptors (Lipinski definition) is 5. The molecule has 1 amide bonds. The number of fused-ring (bicyclic) bond motifs is 2. The summed E-state index contributed by atoms with van der Waals surface area (Å²) < 4.78 is 13.2. The smallest absolute Gasteiger partial charge is 0.273 e. The van der Waals surface area contributed by atoms with Crippen molar-refractivity contribution in [2.45, 2.75) is 25.1 Å². The van der Waals surface area contributed by atoms with Crippen LogP contribution >= 0.6 is 0 Å². The van der Waals surface area contributed by atoms with Gasteiger partial charge in [0.2, 0.25) is 0 Å². The standard InChI is InChI=1S/C21H19FN6O/c1-28(15-10-13(22)11-15)21(29)18-16-5-4-14(9-12(16)6-8-24-18)25-20-19-17(26-27-20)3-2-7-23-19/h2-9,13,15H,10-11H2,1H3,(H2,25,26,27). The third-order valence-electron chi connectivity index (χ3n) is 5.47. The zero-order valence-electron chi connectivity index (χ0n) is 15.8. The molecule has 0 atom stereocenters. The van der Waals surface area contributed by atoms with Crippen LogP contribution in [0.4, 0.5) is 15.9 Å². The number of anilines is 2. The number of pyridine rings is 2. The van der Waals surface area contributed by atoms with E-state index in [1.165, 1.54) is 0 Å². The van der Waals surface area contributed by atoms with E-state index in [0.717, 1.165) is 27.5 Å². The summed E-state index contributed by atoms with van der Waals surface area (Å²) >= 11 is 0. The molecule has 0 radical (unpaired) electrons. The second-order valence-corrected chi connectivity index (χ2v) is 7.33. The lowest BCUT2D eigenvalue weighted by Crippen LogP contribution is -2.46. The highest BCUT2D eigenvalue weighted by atomic mass is 19.1. The highest BCUT2D eigenvalue weighted by Crippen LogP contribution is 2.30. The lowest BCUT2D eigenvalue weighted by molar-refractivity contribution is 0.0467. The van der Waals surface area contributed by atoms with Gasteiger partial charge in [0, 0.05) is 36.6 Å². The number of H-pyrrole nitrogens is 1. The fraction of sp³-hybridized carbons (Fsp3) is 0.238. The average Bonchev–Trinajstić information content (AvgIpc) is 3.13. The molecule has 0 aliphatic heterocycles. The number of nitrogens with zero attached hydrogens (tertiary/aromatic N) is 4. The van der Waals surface area contributed by atoms with Crippen LogP contribution in [0.5, 0.6) is 0 Å². The van der Waals surface area contributed by atoms with Crippen molar-refractivity contribution in [3.05, 3.63) is 54.5 Å². The first-order valence-corrected chi connectivity index (χ1v) is 9.46. The predicted molar refractivity (Wildman–Crippen MR) is 109 cm³/mol. The van der Waals surface area contributed by atoms with Crippen LogP contribution in [0.25, 0.3) is 21.8 Å². The average molecular weight is 390 g/mol. The molecule has 0 bridgehead atoms. The number of carbonyl (C=O) groups is 1. The molecule has 5 rings (SSSR count). The molecule has 8 heteroatoms. The molecular weight excluding hydrogens is 371 g/mol. The summed E-state index contributed by atoms with van der Waals surface area (Å²) in [5.41, 5.74) is 2.81. The summed E-state index contributed by atoms with van der Waals surface area (Å²) in [6, 6.07) is 11.2. The number of nitrogens with one attached hydrogen (secondary N) is 2. The minimum Gasteiger partial charge on any atom is -0.337 e. The first kappa shape index (κ1) is 17.5. The first-order valence-electron chi connectivity index (χ1n) is 9.46. The van der Waals surface area contributed by atoms with E-state index in [2.05, 4.69) is 25.5 Å². The summed E-state index contributed by atoms with van der Waals surface area (Å²) in [7, 11) is 1.71. The Labute approximate surface area is 166 Å². The van der Waals surface area contributed by atoms with E-state index in [1.807, 2.05) is 36.4 Å². The third kappa shape index (κ3) is 3.06. The van der Waals surface area contributed by atoms with E-state index in [4.69, 9.17) is 0 Å². The Morgan fingerprint density at radius 2 is 2.07 bits per heavy atom. The van der Waals surface area contributed by atoms with Gasteiger partial charge in [0.15, 0.2) is 5.82 Å². The van der Waals surface area contributed by atoms with Crippen LogP contribution in [0.2, 0.25) is 0 Å². The molecule has 2 N–H and O–H groups in total. The molecule has 0 unspecified atom stereocenters. The van der Waals surface area contributed by atoms with Gasteiger partial charge in [-0.3, -0.25) is 19.9 Å². The highest BCUT2D eigenvalue weighted by molar-refractivity contribution is 6.06. The van der Waals surface area contributed by atoms with Crippen LogP contribution in [0, 0.1) is 0 Å². The molecule has 0 spiro atoms. The number of hydrogen-bond donors (Lipinski definition) is 2. The fourth-order valence-corrected chi connectivity index (χ4v) is 3.67. The van der Waals surface area contributed by atoms with Gasteiger partial charge in [-0.25, -0.2) is 4.39 Å². The zero-order chi connectivity index (χ0) is 20.0. The molecule has 7 nitrogen and oxygen atoms in total. The van der Waals surface area contributed by atoms with Gasteiger partial charge in [-0.15, -0.1) is 0 Å². The van der Waals surface area contributed by atoms with E-state index in [9.17, 15) is 9.18 Å². The second-order valence-electron chi connectivity index (χ2n) is 7.33. The van der Waals surface area contributed by atoms with Crippen LogP contribution in [0.15, 0.2) is 48.8 Å². The molecule has 1 saturated carbocycles. The quantitative estimate of drug-likeness (QED) is 0.553. The Balaban J connectivity index is 1.45. The number of carbonyl (C=O) groups excluding carboxylic acids is 1. The van der Waals surface area contributed by atoms with Crippen molar-refractivity contribution in [2.75, 3.05) is 12.4 Å². The Kier molecular flexibility index (Phi) is 4.12. The molecule has 146 valence electrons. The molecule has 3 aromatic heterocycles.